The number of ether oxygens (including phenoxy) is 2. The highest BCUT2D eigenvalue weighted by molar-refractivity contribution is 5.84. The first-order valence-electron chi connectivity index (χ1n) is 14.2. The average molecular weight is 526 g/mol. The summed E-state index contributed by atoms with van der Waals surface area (Å²) in [4.78, 5) is 29.5. The molecule has 0 radical (unpaired) electrons. The summed E-state index contributed by atoms with van der Waals surface area (Å²) in [5.74, 6) is 0.0758. The van der Waals surface area contributed by atoms with Gasteiger partial charge in [-0.05, 0) is 61.8 Å². The van der Waals surface area contributed by atoms with E-state index in [9.17, 15) is 9.59 Å². The number of cyclic esters (lactones) is 1. The van der Waals surface area contributed by atoms with E-state index in [1.54, 1.807) is 4.90 Å². The van der Waals surface area contributed by atoms with Crippen molar-refractivity contribution in [1.82, 2.24) is 4.90 Å². The largest absolute Gasteiger partial charge is 0.453 e. The Balaban J connectivity index is 1.59. The van der Waals surface area contributed by atoms with Gasteiger partial charge >= 0.3 is 12.1 Å². The summed E-state index contributed by atoms with van der Waals surface area (Å²) in [5, 5.41) is 0. The quantitative estimate of drug-likeness (QED) is 0.318. The fraction of sp³-hybridized carbons (Fsp3) is 0.412. The lowest BCUT2D eigenvalue weighted by Crippen LogP contribution is -2.56. The van der Waals surface area contributed by atoms with Gasteiger partial charge in [0.15, 0.2) is 6.10 Å². The number of hydrogen-bond acceptors (Lipinski definition) is 4. The second-order valence-corrected chi connectivity index (χ2v) is 11.8. The molecule has 3 atom stereocenters. The molecule has 5 rings (SSSR count). The molecule has 1 saturated carbocycles. The Morgan fingerprint density at radius 3 is 2.08 bits per heavy atom. The second-order valence-electron chi connectivity index (χ2n) is 11.8. The molecule has 1 saturated heterocycles. The van der Waals surface area contributed by atoms with Crippen molar-refractivity contribution in [3.8, 4) is 0 Å². The number of morpholine rings is 1. The van der Waals surface area contributed by atoms with Crippen LogP contribution >= 0.6 is 0 Å². The number of esters is 1. The molecule has 5 nitrogen and oxygen atoms in total. The van der Waals surface area contributed by atoms with E-state index in [4.69, 9.17) is 9.47 Å². The van der Waals surface area contributed by atoms with Gasteiger partial charge in [-0.25, -0.2) is 9.59 Å². The van der Waals surface area contributed by atoms with Crippen molar-refractivity contribution >= 4 is 12.1 Å². The van der Waals surface area contributed by atoms with Crippen LogP contribution < -0.4 is 0 Å². The first kappa shape index (κ1) is 27.0. The minimum Gasteiger partial charge on any atom is -0.453 e. The minimum absolute atomic E-state index is 0.385. The highest BCUT2D eigenvalue weighted by Gasteiger charge is 2.49. The molecule has 0 N–H and O–H groups in total. The molecule has 1 aliphatic carbocycles. The van der Waals surface area contributed by atoms with Gasteiger partial charge in [-0.3, -0.25) is 4.90 Å². The summed E-state index contributed by atoms with van der Waals surface area (Å²) in [6.07, 6.45) is 5.27. The third-order valence-electron chi connectivity index (χ3n) is 7.82. The van der Waals surface area contributed by atoms with Crippen LogP contribution in [0.15, 0.2) is 84.9 Å². The van der Waals surface area contributed by atoms with Crippen molar-refractivity contribution < 1.29 is 19.1 Å². The number of amides is 1. The molecule has 3 aromatic carbocycles. The first-order chi connectivity index (χ1) is 18.8. The van der Waals surface area contributed by atoms with Crippen LogP contribution in [0.25, 0.3) is 0 Å². The summed E-state index contributed by atoms with van der Waals surface area (Å²) in [6, 6.07) is 26.6. The first-order valence-corrected chi connectivity index (χ1v) is 14.2. The van der Waals surface area contributed by atoms with Crippen LogP contribution in [0.4, 0.5) is 4.79 Å². The number of nitrogens with zero attached hydrogens (tertiary/aromatic N) is 1. The van der Waals surface area contributed by atoms with Gasteiger partial charge in [-0.2, -0.15) is 0 Å². The van der Waals surface area contributed by atoms with Crippen molar-refractivity contribution in [2.45, 2.75) is 89.0 Å². The van der Waals surface area contributed by atoms with E-state index in [1.807, 2.05) is 87.5 Å². The van der Waals surface area contributed by atoms with Gasteiger partial charge in [-0.1, -0.05) is 104 Å². The van der Waals surface area contributed by atoms with Crippen LogP contribution in [-0.4, -0.2) is 28.6 Å². The van der Waals surface area contributed by atoms with E-state index < -0.39 is 35.9 Å². The normalized spacial score (nSPS) is 22.3. The lowest BCUT2D eigenvalue weighted by atomic mass is 9.80. The predicted octanol–water partition coefficient (Wildman–Crippen LogP) is 7.92. The number of rotatable bonds is 5. The molecule has 39 heavy (non-hydrogen) atoms. The average Bonchev–Trinajstić information content (AvgIpc) is 2.94. The van der Waals surface area contributed by atoms with E-state index in [1.165, 1.54) is 24.8 Å². The lowest BCUT2D eigenvalue weighted by Gasteiger charge is -2.45. The number of carbonyl (C=O) groups is 2. The number of benzene rings is 3. The molecule has 0 aromatic heterocycles. The van der Waals surface area contributed by atoms with E-state index in [2.05, 4.69) is 18.2 Å². The van der Waals surface area contributed by atoms with Crippen LogP contribution in [0.1, 0.15) is 93.2 Å². The molecule has 204 valence electrons. The Hall–Kier alpha value is -3.60. The van der Waals surface area contributed by atoms with Gasteiger partial charge < -0.3 is 9.47 Å². The van der Waals surface area contributed by atoms with Gasteiger partial charge in [0.1, 0.15) is 17.7 Å². The molecule has 1 amide bonds. The molecular weight excluding hydrogens is 486 g/mol. The summed E-state index contributed by atoms with van der Waals surface area (Å²) in [7, 11) is 0. The van der Waals surface area contributed by atoms with E-state index in [-0.39, 0.29) is 0 Å². The second kappa shape index (κ2) is 11.6. The molecule has 2 fully saturated rings. The van der Waals surface area contributed by atoms with E-state index in [0.29, 0.717) is 12.3 Å². The molecule has 3 aromatic rings. The highest BCUT2D eigenvalue weighted by atomic mass is 16.6. The van der Waals surface area contributed by atoms with Gasteiger partial charge in [0.2, 0.25) is 0 Å². The molecule has 1 heterocycles. The SMILES string of the molecule is CC(C)(C)OC(=O)N1[C@@H](Cc2ccccc2C2CCCCC2)C(=O)OC(c2ccccc2)[C@@H]1c1ccccc1. The summed E-state index contributed by atoms with van der Waals surface area (Å²) >= 11 is 0. The fourth-order valence-corrected chi connectivity index (χ4v) is 6.08. The molecule has 1 aliphatic heterocycles. The molecular formula is C34H39NO4. The third-order valence-corrected chi connectivity index (χ3v) is 7.82. The predicted molar refractivity (Wildman–Crippen MR) is 152 cm³/mol. The van der Waals surface area contributed by atoms with E-state index >= 15 is 0 Å². The van der Waals surface area contributed by atoms with Crippen molar-refractivity contribution in [2.24, 2.45) is 0 Å². The number of carbonyl (C=O) groups excluding carboxylic acids is 2. The van der Waals surface area contributed by atoms with Crippen LogP contribution in [0.5, 0.6) is 0 Å². The van der Waals surface area contributed by atoms with Crippen molar-refractivity contribution in [2.75, 3.05) is 0 Å². The molecule has 1 unspecified atom stereocenters. The van der Waals surface area contributed by atoms with Crippen LogP contribution in [0.2, 0.25) is 0 Å². The maximum atomic E-state index is 14.0. The Morgan fingerprint density at radius 1 is 0.846 bits per heavy atom. The Kier molecular flexibility index (Phi) is 8.06. The smallest absolute Gasteiger partial charge is 0.411 e. The third kappa shape index (κ3) is 6.19. The van der Waals surface area contributed by atoms with Crippen LogP contribution in [-0.2, 0) is 20.7 Å². The molecule has 0 spiro atoms. The monoisotopic (exact) mass is 525 g/mol. The number of hydrogen-bond donors (Lipinski definition) is 0. The van der Waals surface area contributed by atoms with Crippen molar-refractivity contribution in [1.29, 1.82) is 0 Å². The Bertz CT molecular complexity index is 1260. The fourth-order valence-electron chi connectivity index (χ4n) is 6.08. The minimum atomic E-state index is -0.810. The van der Waals surface area contributed by atoms with Crippen molar-refractivity contribution in [3.05, 3.63) is 107 Å². The van der Waals surface area contributed by atoms with Gasteiger partial charge in [0.05, 0.1) is 0 Å². The van der Waals surface area contributed by atoms with Crippen LogP contribution in [0, 0.1) is 0 Å². The van der Waals surface area contributed by atoms with Crippen LogP contribution in [0.3, 0.4) is 0 Å². The van der Waals surface area contributed by atoms with Crippen molar-refractivity contribution in [3.63, 3.8) is 0 Å². The topological polar surface area (TPSA) is 55.8 Å². The van der Waals surface area contributed by atoms with Gasteiger partial charge in [-0.15, -0.1) is 0 Å². The molecule has 2 aliphatic rings. The van der Waals surface area contributed by atoms with Gasteiger partial charge in [0.25, 0.3) is 0 Å². The zero-order valence-corrected chi connectivity index (χ0v) is 23.2. The lowest BCUT2D eigenvalue weighted by molar-refractivity contribution is -0.174. The molecule has 0 bridgehead atoms. The standard InChI is InChI=1S/C34H39NO4/c1-34(2,3)39-33(37)35-29(23-27-21-13-14-22-28(27)24-15-7-4-8-16-24)32(36)38-31(26-19-11-6-12-20-26)30(35)25-17-9-5-10-18-25/h5-6,9-14,17-22,24,29-31H,4,7-8,15-16,23H2,1-3H3/t29-,30-,31?/m0/s1. The highest BCUT2D eigenvalue weighted by Crippen LogP contribution is 2.44. The zero-order chi connectivity index (χ0) is 27.4. The zero-order valence-electron chi connectivity index (χ0n) is 23.2. The Morgan fingerprint density at radius 2 is 1.44 bits per heavy atom. The summed E-state index contributed by atoms with van der Waals surface area (Å²) < 4.78 is 12.2. The maximum absolute atomic E-state index is 14.0. The summed E-state index contributed by atoms with van der Waals surface area (Å²) in [6.45, 7) is 5.56. The van der Waals surface area contributed by atoms with Gasteiger partial charge in [0, 0.05) is 6.42 Å². The maximum Gasteiger partial charge on any atom is 0.411 e. The Labute approximate surface area is 232 Å². The van der Waals surface area contributed by atoms with E-state index in [0.717, 1.165) is 29.5 Å². The molecule has 5 heteroatoms. The summed E-state index contributed by atoms with van der Waals surface area (Å²) in [5.41, 5.74) is 3.41.